The first-order valence-electron chi connectivity index (χ1n) is 15.1. The number of rotatable bonds is 8. The second-order valence-corrected chi connectivity index (χ2v) is 12.9. The number of fused-ring (bicyclic) bond motifs is 1. The van der Waals surface area contributed by atoms with Crippen LogP contribution in [0.25, 0.3) is 6.08 Å². The topological polar surface area (TPSA) is 168 Å². The molecule has 246 valence electrons. The minimum atomic E-state index is -2.05. The van der Waals surface area contributed by atoms with Crippen LogP contribution in [0.15, 0.2) is 60.9 Å². The van der Waals surface area contributed by atoms with Gasteiger partial charge in [-0.2, -0.15) is 0 Å². The Bertz CT molecular complexity index is 1510. The van der Waals surface area contributed by atoms with Crippen LogP contribution in [0, 0.1) is 11.3 Å². The van der Waals surface area contributed by atoms with E-state index in [4.69, 9.17) is 23.7 Å². The maximum atomic E-state index is 13.7. The van der Waals surface area contributed by atoms with Crippen molar-refractivity contribution in [3.63, 3.8) is 0 Å². The zero-order valence-corrected chi connectivity index (χ0v) is 26.4. The molecule has 3 fully saturated rings. The fourth-order valence-electron chi connectivity index (χ4n) is 7.76. The van der Waals surface area contributed by atoms with Crippen LogP contribution in [0.2, 0.25) is 0 Å². The van der Waals surface area contributed by atoms with Crippen molar-refractivity contribution in [2.75, 3.05) is 6.61 Å². The number of ether oxygens (including phenoxy) is 5. The molecule has 1 aliphatic heterocycles. The number of carbonyl (C=O) groups excluding carboxylic acids is 4. The van der Waals surface area contributed by atoms with E-state index in [9.17, 15) is 29.4 Å². The summed E-state index contributed by atoms with van der Waals surface area (Å²) in [5.74, 6) is -4.19. The minimum absolute atomic E-state index is 0.0173. The Morgan fingerprint density at radius 1 is 1.00 bits per heavy atom. The van der Waals surface area contributed by atoms with Crippen LogP contribution in [0.4, 0.5) is 0 Å². The number of esters is 4. The van der Waals surface area contributed by atoms with E-state index in [-0.39, 0.29) is 18.4 Å². The number of carbonyl (C=O) groups is 4. The second kappa shape index (κ2) is 12.2. The molecule has 2 aromatic rings. The van der Waals surface area contributed by atoms with Crippen molar-refractivity contribution in [2.45, 2.75) is 88.7 Å². The molecule has 8 atom stereocenters. The van der Waals surface area contributed by atoms with Crippen LogP contribution in [-0.2, 0) is 38.1 Å². The molecule has 12 heteroatoms. The largest absolute Gasteiger partial charge is 0.465 e. The Kier molecular flexibility index (Phi) is 8.84. The number of nitrogens with zero attached hydrogens (tertiary/aromatic N) is 1. The van der Waals surface area contributed by atoms with Gasteiger partial charge < -0.3 is 33.9 Å². The molecule has 1 aromatic carbocycles. The van der Waals surface area contributed by atoms with Crippen molar-refractivity contribution in [3.05, 3.63) is 72.1 Å². The van der Waals surface area contributed by atoms with Crippen LogP contribution >= 0.6 is 0 Å². The molecule has 3 aliphatic rings. The van der Waals surface area contributed by atoms with Gasteiger partial charge >= 0.3 is 23.9 Å². The number of aromatic nitrogens is 1. The highest BCUT2D eigenvalue weighted by molar-refractivity contribution is 5.89. The van der Waals surface area contributed by atoms with Crippen molar-refractivity contribution in [2.24, 2.45) is 11.3 Å². The smallest absolute Gasteiger partial charge is 0.340 e. The third-order valence-corrected chi connectivity index (χ3v) is 9.52. The molecular weight excluding hydrogens is 598 g/mol. The van der Waals surface area contributed by atoms with Crippen LogP contribution in [-0.4, -0.2) is 86.9 Å². The SMILES string of the molecule is CC(=O)OC[C@@]12[C@@H](OC(=O)/C=C/c3ccccc3)CC[C@](C)(O)[C@]13OC(C)(C)[C@H]([C@@H](OC(C)=O)[C@H]2OC(=O)c1cccnc1)[C@H]3O. The first kappa shape index (κ1) is 33.2. The first-order valence-corrected chi connectivity index (χ1v) is 15.1. The molecule has 1 saturated heterocycles. The highest BCUT2D eigenvalue weighted by Crippen LogP contribution is 2.68. The van der Waals surface area contributed by atoms with Crippen LogP contribution in [0.3, 0.4) is 0 Å². The van der Waals surface area contributed by atoms with E-state index < -0.39 is 83.0 Å². The molecule has 1 spiro atoms. The summed E-state index contributed by atoms with van der Waals surface area (Å²) in [5, 5.41) is 24.4. The molecule has 12 nitrogen and oxygen atoms in total. The predicted octanol–water partition coefficient (Wildman–Crippen LogP) is 2.80. The zero-order chi connectivity index (χ0) is 33.5. The summed E-state index contributed by atoms with van der Waals surface area (Å²) < 4.78 is 30.4. The van der Waals surface area contributed by atoms with Crippen LogP contribution < -0.4 is 0 Å². The summed E-state index contributed by atoms with van der Waals surface area (Å²) >= 11 is 0. The van der Waals surface area contributed by atoms with Gasteiger partial charge in [0.2, 0.25) is 0 Å². The van der Waals surface area contributed by atoms with E-state index in [0.29, 0.717) is 0 Å². The van der Waals surface area contributed by atoms with Gasteiger partial charge in [-0.3, -0.25) is 14.6 Å². The van der Waals surface area contributed by atoms with Gasteiger partial charge in [0.25, 0.3) is 0 Å². The lowest BCUT2D eigenvalue weighted by Gasteiger charge is -2.65. The lowest BCUT2D eigenvalue weighted by atomic mass is 9.46. The summed E-state index contributed by atoms with van der Waals surface area (Å²) in [5.41, 5.74) is -6.39. The maximum absolute atomic E-state index is 13.7. The van der Waals surface area contributed by atoms with Crippen molar-refractivity contribution >= 4 is 30.0 Å². The van der Waals surface area contributed by atoms with Crippen molar-refractivity contribution in [1.82, 2.24) is 4.98 Å². The lowest BCUT2D eigenvalue weighted by Crippen LogP contribution is -2.83. The van der Waals surface area contributed by atoms with Crippen molar-refractivity contribution in [3.8, 4) is 0 Å². The van der Waals surface area contributed by atoms with Gasteiger partial charge in [-0.1, -0.05) is 30.3 Å². The summed E-state index contributed by atoms with van der Waals surface area (Å²) in [4.78, 5) is 56.2. The van der Waals surface area contributed by atoms with E-state index >= 15 is 0 Å². The fourth-order valence-corrected chi connectivity index (χ4v) is 7.76. The minimum Gasteiger partial charge on any atom is -0.465 e. The molecule has 46 heavy (non-hydrogen) atoms. The average Bonchev–Trinajstić information content (AvgIpc) is 3.18. The van der Waals surface area contributed by atoms with Crippen LogP contribution in [0.5, 0.6) is 0 Å². The first-order chi connectivity index (χ1) is 21.7. The molecule has 0 unspecified atom stereocenters. The van der Waals surface area contributed by atoms with Gasteiger partial charge in [-0.05, 0) is 57.4 Å². The van der Waals surface area contributed by atoms with E-state index in [1.54, 1.807) is 32.1 Å². The molecule has 5 rings (SSSR count). The Balaban J connectivity index is 1.72. The number of aliphatic hydroxyl groups is 2. The quantitative estimate of drug-likeness (QED) is 0.247. The highest BCUT2D eigenvalue weighted by Gasteiger charge is 2.86. The van der Waals surface area contributed by atoms with Gasteiger partial charge in [0.05, 0.1) is 28.8 Å². The number of hydrogen-bond acceptors (Lipinski definition) is 12. The lowest BCUT2D eigenvalue weighted by molar-refractivity contribution is -0.348. The predicted molar refractivity (Wildman–Crippen MR) is 161 cm³/mol. The molecule has 2 bridgehead atoms. The van der Waals surface area contributed by atoms with Gasteiger partial charge in [0, 0.05) is 32.3 Å². The molecule has 2 saturated carbocycles. The van der Waals surface area contributed by atoms with Gasteiger partial charge in [-0.15, -0.1) is 0 Å². The normalized spacial score (nSPS) is 34.3. The summed E-state index contributed by atoms with van der Waals surface area (Å²) in [7, 11) is 0. The Morgan fingerprint density at radius 2 is 1.72 bits per heavy atom. The van der Waals surface area contributed by atoms with E-state index in [2.05, 4.69) is 4.98 Å². The number of pyridine rings is 1. The third-order valence-electron chi connectivity index (χ3n) is 9.52. The summed E-state index contributed by atoms with van der Waals surface area (Å²) in [6.07, 6.45) is -0.291. The number of benzene rings is 1. The van der Waals surface area contributed by atoms with E-state index in [1.807, 2.05) is 18.2 Å². The second-order valence-electron chi connectivity index (χ2n) is 12.9. The average molecular weight is 638 g/mol. The molecule has 0 radical (unpaired) electrons. The highest BCUT2D eigenvalue weighted by atomic mass is 16.6. The standard InChI is InChI=1S/C34H39NO11/c1-20(36)42-19-33-24(44-25(38)14-13-22-10-7-6-8-11-22)15-16-32(5,41)34(33)28(39)26(31(3,4)46-34)27(43-21(2)37)29(33)45-30(40)23-12-9-17-35-18-23/h6-14,17-18,24,26-29,39,41H,15-16,19H2,1-5H3/b14-13+/t24-,26+,27+,28+,29+,32-,33-,34-/m0/s1. The number of aliphatic hydroxyl groups excluding tert-OH is 1. The van der Waals surface area contributed by atoms with Crippen LogP contribution in [0.1, 0.15) is 63.4 Å². The Hall–Kier alpha value is -4.13. The van der Waals surface area contributed by atoms with E-state index in [1.165, 1.54) is 44.4 Å². The van der Waals surface area contributed by atoms with Crippen molar-refractivity contribution in [1.29, 1.82) is 0 Å². The third kappa shape index (κ3) is 5.48. The zero-order valence-electron chi connectivity index (χ0n) is 26.4. The molecule has 2 heterocycles. The molecule has 0 amide bonds. The maximum Gasteiger partial charge on any atom is 0.340 e. The molecule has 2 N–H and O–H groups in total. The molecular formula is C34H39NO11. The van der Waals surface area contributed by atoms with Crippen molar-refractivity contribution < 1.29 is 53.1 Å². The Labute approximate surface area is 266 Å². The van der Waals surface area contributed by atoms with Gasteiger partial charge in [0.15, 0.2) is 6.10 Å². The molecule has 1 aromatic heterocycles. The molecule has 2 aliphatic carbocycles. The number of hydrogen-bond donors (Lipinski definition) is 2. The fraction of sp³-hybridized carbons (Fsp3) is 0.500. The monoisotopic (exact) mass is 637 g/mol. The van der Waals surface area contributed by atoms with E-state index in [0.717, 1.165) is 12.5 Å². The summed E-state index contributed by atoms with van der Waals surface area (Å²) in [6.45, 7) is 6.47. The Morgan fingerprint density at radius 3 is 2.35 bits per heavy atom. The van der Waals surface area contributed by atoms with Gasteiger partial charge in [-0.25, -0.2) is 9.59 Å². The van der Waals surface area contributed by atoms with Gasteiger partial charge in [0.1, 0.15) is 29.8 Å². The summed E-state index contributed by atoms with van der Waals surface area (Å²) in [6, 6.07) is 12.0.